The Kier molecular flexibility index (Phi) is 16.0. The lowest BCUT2D eigenvalue weighted by atomic mass is 9.80. The van der Waals surface area contributed by atoms with Crippen LogP contribution in [0.1, 0.15) is 55.8 Å². The molecule has 0 radical (unpaired) electrons. The number of rotatable bonds is 18. The third-order valence-corrected chi connectivity index (χ3v) is 8.82. The SMILES string of the molecule is C#C.C/C=C(\C=C/COCCCCN1CCC(c2ccc(F)cc2)[C@H](COc2ccc3c(c2)OCO3)C1)OC(CCNC)c1ccccc1. The van der Waals surface area contributed by atoms with Gasteiger partial charge in [-0.3, -0.25) is 0 Å². The monoisotopic (exact) mass is 670 g/mol. The van der Waals surface area contributed by atoms with Gasteiger partial charge in [-0.05, 0) is 106 Å². The number of terminal acetylenes is 1. The van der Waals surface area contributed by atoms with Crippen molar-refractivity contribution >= 4 is 0 Å². The van der Waals surface area contributed by atoms with Crippen LogP contribution in [0.15, 0.2) is 96.8 Å². The van der Waals surface area contributed by atoms with Crippen LogP contribution in [0.4, 0.5) is 4.39 Å². The lowest BCUT2D eigenvalue weighted by Gasteiger charge is -2.39. The molecule has 0 bridgehead atoms. The van der Waals surface area contributed by atoms with Gasteiger partial charge < -0.3 is 33.9 Å². The molecule has 2 aliphatic rings. The number of hydrogen-bond donors (Lipinski definition) is 1. The number of likely N-dealkylation sites (tertiary alicyclic amines) is 1. The van der Waals surface area contributed by atoms with Gasteiger partial charge in [-0.2, -0.15) is 0 Å². The van der Waals surface area contributed by atoms with Crippen molar-refractivity contribution in [1.29, 1.82) is 0 Å². The summed E-state index contributed by atoms with van der Waals surface area (Å²) in [5.74, 6) is 3.47. The van der Waals surface area contributed by atoms with Gasteiger partial charge in [0.05, 0.1) is 13.2 Å². The van der Waals surface area contributed by atoms with Crippen LogP contribution >= 0.6 is 0 Å². The molecular formula is C41H51FN2O5. The smallest absolute Gasteiger partial charge is 0.231 e. The normalized spacial score (nSPS) is 18.1. The summed E-state index contributed by atoms with van der Waals surface area (Å²) in [5, 5.41) is 3.22. The Morgan fingerprint density at radius 2 is 1.84 bits per heavy atom. The standard InChI is InChI=1S/C39H49FN2O5.C2H2/c1-3-34(47-37(19-21-41-2)31-10-5-4-6-11-31)12-9-25-43-24-8-7-22-42-23-20-36(30-13-15-33(40)16-14-30)32(27-42)28-44-35-17-18-38-39(26-35)46-29-45-38;1-2/h3-6,9-18,26,32,36-37,41H,7-8,19-25,27-29H2,1-2H3;1-2H/b12-9-,34-3+;/t32-,36?,37?;/m0./s1. The number of allylic oxidation sites excluding steroid dienone is 2. The minimum absolute atomic E-state index is 0.00370. The predicted molar refractivity (Wildman–Crippen MR) is 193 cm³/mol. The molecule has 1 saturated heterocycles. The molecule has 1 fully saturated rings. The Bertz CT molecular complexity index is 1460. The Hall–Kier alpha value is -4.29. The molecule has 7 nitrogen and oxygen atoms in total. The first kappa shape index (κ1) is 37.5. The molecule has 0 amide bonds. The van der Waals surface area contributed by atoms with E-state index in [0.29, 0.717) is 31.5 Å². The van der Waals surface area contributed by atoms with Crippen molar-refractivity contribution < 1.29 is 28.1 Å². The molecule has 3 atom stereocenters. The summed E-state index contributed by atoms with van der Waals surface area (Å²) in [6.07, 6.45) is 18.0. The summed E-state index contributed by atoms with van der Waals surface area (Å²) in [4.78, 5) is 2.53. The minimum Gasteiger partial charge on any atom is -0.493 e. The fourth-order valence-electron chi connectivity index (χ4n) is 6.26. The second-order valence-corrected chi connectivity index (χ2v) is 12.1. The molecule has 5 rings (SSSR count). The fourth-order valence-corrected chi connectivity index (χ4v) is 6.26. The first-order valence-electron chi connectivity index (χ1n) is 17.2. The molecule has 2 unspecified atom stereocenters. The highest BCUT2D eigenvalue weighted by Crippen LogP contribution is 2.37. The third-order valence-electron chi connectivity index (χ3n) is 8.82. The molecule has 2 aliphatic heterocycles. The third kappa shape index (κ3) is 12.0. The maximum absolute atomic E-state index is 13.7. The molecule has 0 aliphatic carbocycles. The summed E-state index contributed by atoms with van der Waals surface area (Å²) < 4.78 is 43.2. The van der Waals surface area contributed by atoms with Crippen molar-refractivity contribution in [2.24, 2.45) is 5.92 Å². The van der Waals surface area contributed by atoms with E-state index in [0.717, 1.165) is 69.1 Å². The van der Waals surface area contributed by atoms with Gasteiger partial charge in [0.15, 0.2) is 11.5 Å². The number of ether oxygens (including phenoxy) is 5. The predicted octanol–water partition coefficient (Wildman–Crippen LogP) is 7.91. The number of nitrogens with zero attached hydrogens (tertiary/aromatic N) is 1. The zero-order valence-corrected chi connectivity index (χ0v) is 28.9. The average molecular weight is 671 g/mol. The first-order chi connectivity index (χ1) is 24.1. The minimum atomic E-state index is -0.204. The van der Waals surface area contributed by atoms with Crippen molar-refractivity contribution in [3.05, 3.63) is 114 Å². The zero-order valence-electron chi connectivity index (χ0n) is 28.9. The van der Waals surface area contributed by atoms with E-state index in [-0.39, 0.29) is 24.6 Å². The van der Waals surface area contributed by atoms with Crippen LogP contribution in [0.25, 0.3) is 0 Å². The van der Waals surface area contributed by atoms with Crippen LogP contribution in [0.2, 0.25) is 0 Å². The maximum atomic E-state index is 13.7. The lowest BCUT2D eigenvalue weighted by Crippen LogP contribution is -2.42. The maximum Gasteiger partial charge on any atom is 0.231 e. The van der Waals surface area contributed by atoms with Crippen LogP contribution in [0, 0.1) is 24.6 Å². The van der Waals surface area contributed by atoms with E-state index in [1.54, 1.807) is 12.1 Å². The fraction of sp³-hybridized carbons (Fsp3) is 0.415. The molecule has 49 heavy (non-hydrogen) atoms. The number of piperidine rings is 1. The zero-order chi connectivity index (χ0) is 34.7. The van der Waals surface area contributed by atoms with E-state index in [4.69, 9.17) is 23.7 Å². The molecule has 3 aromatic carbocycles. The first-order valence-corrected chi connectivity index (χ1v) is 17.2. The molecule has 2 heterocycles. The van der Waals surface area contributed by atoms with Gasteiger partial charge in [0.1, 0.15) is 23.4 Å². The Morgan fingerprint density at radius 1 is 1.04 bits per heavy atom. The van der Waals surface area contributed by atoms with Crippen LogP contribution in [0.3, 0.4) is 0 Å². The van der Waals surface area contributed by atoms with Crippen LogP contribution in [0.5, 0.6) is 17.2 Å². The van der Waals surface area contributed by atoms with E-state index >= 15 is 0 Å². The van der Waals surface area contributed by atoms with Crippen molar-refractivity contribution in [1.82, 2.24) is 10.2 Å². The van der Waals surface area contributed by atoms with Crippen molar-refractivity contribution in [3.63, 3.8) is 0 Å². The molecular weight excluding hydrogens is 619 g/mol. The topological polar surface area (TPSA) is 61.4 Å². The van der Waals surface area contributed by atoms with Gasteiger partial charge in [-0.15, -0.1) is 12.8 Å². The van der Waals surface area contributed by atoms with Gasteiger partial charge in [0, 0.05) is 31.6 Å². The van der Waals surface area contributed by atoms with Gasteiger partial charge in [0.25, 0.3) is 0 Å². The van der Waals surface area contributed by atoms with Crippen LogP contribution in [-0.2, 0) is 9.47 Å². The summed E-state index contributed by atoms with van der Waals surface area (Å²) >= 11 is 0. The highest BCUT2D eigenvalue weighted by molar-refractivity contribution is 5.46. The van der Waals surface area contributed by atoms with E-state index in [1.807, 2.05) is 68.6 Å². The second-order valence-electron chi connectivity index (χ2n) is 12.1. The molecule has 3 aromatic rings. The highest BCUT2D eigenvalue weighted by Gasteiger charge is 2.31. The second kappa shape index (κ2) is 20.9. The molecule has 262 valence electrons. The van der Waals surface area contributed by atoms with Crippen LogP contribution < -0.4 is 19.5 Å². The number of nitrogens with one attached hydrogen (secondary N) is 1. The molecule has 0 spiro atoms. The van der Waals surface area contributed by atoms with E-state index < -0.39 is 0 Å². The number of unbranched alkanes of at least 4 members (excludes halogenated alkanes) is 1. The van der Waals surface area contributed by atoms with E-state index in [1.165, 1.54) is 11.1 Å². The summed E-state index contributed by atoms with van der Waals surface area (Å²) in [6.45, 7) is 7.92. The molecule has 0 aromatic heterocycles. The quantitative estimate of drug-likeness (QED) is 0.0639. The van der Waals surface area contributed by atoms with Crippen molar-refractivity contribution in [3.8, 4) is 30.1 Å². The molecule has 8 heteroatoms. The van der Waals surface area contributed by atoms with Gasteiger partial charge in [-0.1, -0.05) is 48.5 Å². The Morgan fingerprint density at radius 3 is 2.61 bits per heavy atom. The number of halogens is 1. The molecule has 0 saturated carbocycles. The van der Waals surface area contributed by atoms with Crippen LogP contribution in [-0.4, -0.2) is 64.7 Å². The number of benzene rings is 3. The Labute approximate surface area is 292 Å². The van der Waals surface area contributed by atoms with E-state index in [9.17, 15) is 4.39 Å². The van der Waals surface area contributed by atoms with E-state index in [2.05, 4.69) is 47.3 Å². The van der Waals surface area contributed by atoms with Gasteiger partial charge in [0.2, 0.25) is 6.79 Å². The largest absolute Gasteiger partial charge is 0.493 e. The van der Waals surface area contributed by atoms with Gasteiger partial charge in [-0.25, -0.2) is 4.39 Å². The lowest BCUT2D eigenvalue weighted by molar-refractivity contribution is 0.104. The van der Waals surface area contributed by atoms with Gasteiger partial charge >= 0.3 is 0 Å². The highest BCUT2D eigenvalue weighted by atomic mass is 19.1. The summed E-state index contributed by atoms with van der Waals surface area (Å²) in [5.41, 5.74) is 2.35. The average Bonchev–Trinajstić information content (AvgIpc) is 3.62. The number of fused-ring (bicyclic) bond motifs is 1. The Balaban J connectivity index is 0.00000265. The van der Waals surface area contributed by atoms with Crippen molar-refractivity contribution in [2.45, 2.75) is 44.6 Å². The number of hydrogen-bond acceptors (Lipinski definition) is 7. The summed E-state index contributed by atoms with van der Waals surface area (Å²) in [7, 11) is 1.96. The molecule has 1 N–H and O–H groups in total. The van der Waals surface area contributed by atoms with Crippen molar-refractivity contribution in [2.75, 3.05) is 59.8 Å². The summed E-state index contributed by atoms with van der Waals surface area (Å²) in [6, 6.07) is 23.0.